The van der Waals surface area contributed by atoms with Crippen LogP contribution in [0, 0.1) is 23.0 Å². The van der Waals surface area contributed by atoms with Crippen molar-refractivity contribution >= 4 is 0 Å². The van der Waals surface area contributed by atoms with Crippen LogP contribution in [0.2, 0.25) is 0 Å². The lowest BCUT2D eigenvalue weighted by Gasteiger charge is -2.07. The first kappa shape index (κ1) is 20.0. The Kier molecular flexibility index (Phi) is 5.28. The van der Waals surface area contributed by atoms with Crippen LogP contribution in [0.25, 0.3) is 5.69 Å². The average Bonchev–Trinajstić information content (AvgIpc) is 3.13. The smallest absolute Gasteiger partial charge is 0.310 e. The van der Waals surface area contributed by atoms with Gasteiger partial charge in [-0.2, -0.15) is 15.0 Å². The predicted molar refractivity (Wildman–Crippen MR) is 108 cm³/mol. The summed E-state index contributed by atoms with van der Waals surface area (Å²) in [6.45, 7) is -0.0297. The van der Waals surface area contributed by atoms with E-state index in [2.05, 4.69) is 5.10 Å². The molecule has 0 spiro atoms. The molecule has 0 aliphatic rings. The molecule has 0 bridgehead atoms. The molecule has 0 aliphatic heterocycles. The summed E-state index contributed by atoms with van der Waals surface area (Å²) in [6.07, 6.45) is 2.81. The van der Waals surface area contributed by atoms with Gasteiger partial charge in [0, 0.05) is 11.8 Å². The maximum Gasteiger partial charge on any atom is 0.350 e. The van der Waals surface area contributed by atoms with Crippen LogP contribution in [0.1, 0.15) is 16.7 Å². The van der Waals surface area contributed by atoms with Gasteiger partial charge < -0.3 is 4.57 Å². The third-order valence-corrected chi connectivity index (χ3v) is 4.80. The van der Waals surface area contributed by atoms with Crippen molar-refractivity contribution < 1.29 is 8.78 Å². The summed E-state index contributed by atoms with van der Waals surface area (Å²) in [6, 6.07) is 15.2. The molecule has 0 radical (unpaired) electrons. The first-order chi connectivity index (χ1) is 15.0. The molecule has 9 heteroatoms. The molecule has 2 aromatic heterocycles. The van der Waals surface area contributed by atoms with Crippen LogP contribution < -0.4 is 11.2 Å². The van der Waals surface area contributed by atoms with Gasteiger partial charge in [-0.3, -0.25) is 9.36 Å². The molecule has 0 aliphatic carbocycles. The van der Waals surface area contributed by atoms with Gasteiger partial charge in [-0.25, -0.2) is 13.6 Å². The van der Waals surface area contributed by atoms with Crippen molar-refractivity contribution in [1.29, 1.82) is 5.26 Å². The fourth-order valence-corrected chi connectivity index (χ4v) is 3.16. The van der Waals surface area contributed by atoms with Gasteiger partial charge in [-0.15, -0.1) is 0 Å². The molecule has 0 fully saturated rings. The van der Waals surface area contributed by atoms with E-state index >= 15 is 0 Å². The van der Waals surface area contributed by atoms with Crippen LogP contribution in [0.4, 0.5) is 8.78 Å². The third-order valence-electron chi connectivity index (χ3n) is 4.80. The summed E-state index contributed by atoms with van der Waals surface area (Å²) in [5.41, 5.74) is 0.145. The number of nitrogens with zero attached hydrogens (tertiary/aromatic N) is 5. The van der Waals surface area contributed by atoms with Crippen molar-refractivity contribution in [3.63, 3.8) is 0 Å². The topological polar surface area (TPSA) is 85.6 Å². The van der Waals surface area contributed by atoms with E-state index < -0.39 is 17.3 Å². The third kappa shape index (κ3) is 3.91. The van der Waals surface area contributed by atoms with E-state index in [1.165, 1.54) is 23.0 Å². The number of aromatic nitrogens is 4. The van der Waals surface area contributed by atoms with E-state index in [1.807, 2.05) is 6.07 Å². The highest BCUT2D eigenvalue weighted by molar-refractivity contribution is 5.34. The molecule has 0 saturated carbocycles. The number of nitriles is 1. The van der Waals surface area contributed by atoms with E-state index in [0.717, 1.165) is 26.9 Å². The van der Waals surface area contributed by atoms with Gasteiger partial charge in [0.15, 0.2) is 0 Å². The Hall–Kier alpha value is -4.32. The highest BCUT2D eigenvalue weighted by Crippen LogP contribution is 2.13. The molecule has 0 atom stereocenters. The van der Waals surface area contributed by atoms with Gasteiger partial charge in [0.2, 0.25) is 0 Å². The maximum absolute atomic E-state index is 13.9. The average molecular weight is 419 g/mol. The lowest BCUT2D eigenvalue weighted by Crippen LogP contribution is -2.25. The maximum atomic E-state index is 13.9. The minimum absolute atomic E-state index is 0.0579. The van der Waals surface area contributed by atoms with Crippen molar-refractivity contribution in [3.05, 3.63) is 116 Å². The van der Waals surface area contributed by atoms with E-state index in [9.17, 15) is 18.4 Å². The second kappa shape index (κ2) is 8.20. The van der Waals surface area contributed by atoms with Gasteiger partial charge in [0.05, 0.1) is 18.8 Å². The predicted octanol–water partition coefficient (Wildman–Crippen LogP) is 2.44. The quantitative estimate of drug-likeness (QED) is 0.497. The van der Waals surface area contributed by atoms with Crippen LogP contribution in [0.5, 0.6) is 0 Å². The molecule has 4 aromatic rings. The number of benzene rings is 2. The van der Waals surface area contributed by atoms with E-state index in [-0.39, 0.29) is 29.8 Å². The molecule has 31 heavy (non-hydrogen) atoms. The second-order valence-electron chi connectivity index (χ2n) is 6.79. The van der Waals surface area contributed by atoms with Crippen LogP contribution in [0.3, 0.4) is 0 Å². The molecule has 154 valence electrons. The van der Waals surface area contributed by atoms with Gasteiger partial charge >= 0.3 is 5.69 Å². The minimum atomic E-state index is -0.736. The van der Waals surface area contributed by atoms with Crippen LogP contribution in [-0.4, -0.2) is 18.9 Å². The number of pyridine rings is 1. The Morgan fingerprint density at radius 3 is 2.29 bits per heavy atom. The fraction of sp³-hybridized carbons (Fsp3) is 0.0909. The first-order valence-corrected chi connectivity index (χ1v) is 9.24. The molecule has 0 unspecified atom stereocenters. The summed E-state index contributed by atoms with van der Waals surface area (Å²) in [4.78, 5) is 24.8. The minimum Gasteiger partial charge on any atom is -0.310 e. The second-order valence-corrected chi connectivity index (χ2v) is 6.79. The Morgan fingerprint density at radius 2 is 1.61 bits per heavy atom. The fourth-order valence-electron chi connectivity index (χ4n) is 3.16. The normalized spacial score (nSPS) is 10.7. The van der Waals surface area contributed by atoms with Gasteiger partial charge in [-0.1, -0.05) is 18.2 Å². The number of halogens is 2. The zero-order valence-electron chi connectivity index (χ0n) is 16.1. The highest BCUT2D eigenvalue weighted by atomic mass is 19.1. The summed E-state index contributed by atoms with van der Waals surface area (Å²) in [5.74, 6) is -1.47. The Labute approximate surface area is 174 Å². The summed E-state index contributed by atoms with van der Waals surface area (Å²) < 4.78 is 31.4. The SMILES string of the molecule is N#Cc1cccn(Cc2ccc(-n3ncn(Cc4c(F)cccc4F)c3=O)cc2)c1=O. The summed E-state index contributed by atoms with van der Waals surface area (Å²) in [5, 5.41) is 13.0. The van der Waals surface area contributed by atoms with Crippen molar-refractivity contribution in [2.24, 2.45) is 0 Å². The largest absolute Gasteiger partial charge is 0.350 e. The lowest BCUT2D eigenvalue weighted by atomic mass is 10.2. The van der Waals surface area contributed by atoms with Crippen molar-refractivity contribution in [2.75, 3.05) is 0 Å². The molecular weight excluding hydrogens is 404 g/mol. The molecule has 0 saturated heterocycles. The van der Waals surface area contributed by atoms with Crippen molar-refractivity contribution in [3.8, 4) is 11.8 Å². The summed E-state index contributed by atoms with van der Waals surface area (Å²) >= 11 is 0. The highest BCUT2D eigenvalue weighted by Gasteiger charge is 2.13. The molecule has 2 aromatic carbocycles. The zero-order chi connectivity index (χ0) is 22.0. The number of hydrogen-bond donors (Lipinski definition) is 0. The van der Waals surface area contributed by atoms with Gasteiger partial charge in [0.25, 0.3) is 5.56 Å². The molecule has 0 amide bonds. The van der Waals surface area contributed by atoms with Crippen LogP contribution in [-0.2, 0) is 13.1 Å². The Bertz CT molecular complexity index is 1390. The van der Waals surface area contributed by atoms with Crippen molar-refractivity contribution in [2.45, 2.75) is 13.1 Å². The number of hydrogen-bond acceptors (Lipinski definition) is 4. The van der Waals surface area contributed by atoms with Gasteiger partial charge in [-0.05, 0) is 42.0 Å². The molecule has 2 heterocycles. The molecule has 0 N–H and O–H groups in total. The van der Waals surface area contributed by atoms with Crippen LogP contribution in [0.15, 0.2) is 76.7 Å². The van der Waals surface area contributed by atoms with E-state index in [1.54, 1.807) is 36.5 Å². The van der Waals surface area contributed by atoms with E-state index in [0.29, 0.717) is 5.69 Å². The molecule has 4 rings (SSSR count). The Balaban J connectivity index is 1.57. The van der Waals surface area contributed by atoms with E-state index in [4.69, 9.17) is 5.26 Å². The number of rotatable bonds is 5. The van der Waals surface area contributed by atoms with Crippen LogP contribution >= 0.6 is 0 Å². The standard InChI is InChI=1S/C22H15F2N5O2/c23-19-4-1-5-20(24)18(19)13-28-14-26-29(22(28)31)17-8-6-15(7-9-17)12-27-10-2-3-16(11-25)21(27)30/h1-10,14H,12-13H2. The zero-order valence-corrected chi connectivity index (χ0v) is 16.1. The monoisotopic (exact) mass is 419 g/mol. The lowest BCUT2D eigenvalue weighted by molar-refractivity contribution is 0.541. The molecule has 7 nitrogen and oxygen atoms in total. The Morgan fingerprint density at radius 1 is 0.903 bits per heavy atom. The first-order valence-electron chi connectivity index (χ1n) is 9.24. The van der Waals surface area contributed by atoms with Crippen molar-refractivity contribution in [1.82, 2.24) is 18.9 Å². The van der Waals surface area contributed by atoms with Gasteiger partial charge in [0.1, 0.15) is 29.6 Å². The summed E-state index contributed by atoms with van der Waals surface area (Å²) in [7, 11) is 0. The molecular formula is C22H15F2N5O2.